The molecule has 60 valence electrons. The van der Waals surface area contributed by atoms with Crippen molar-refractivity contribution in [2.24, 2.45) is 0 Å². The lowest BCUT2D eigenvalue weighted by Gasteiger charge is -1.82. The molecule has 0 fully saturated rings. The van der Waals surface area contributed by atoms with E-state index in [0.29, 0.717) is 6.42 Å². The van der Waals surface area contributed by atoms with Crippen molar-refractivity contribution in [2.75, 3.05) is 6.61 Å². The Bertz CT molecular complexity index is 242. The van der Waals surface area contributed by atoms with Gasteiger partial charge in [0.2, 0.25) is 0 Å². The van der Waals surface area contributed by atoms with Crippen LogP contribution >= 0.6 is 11.3 Å². The Labute approximate surface area is 70.2 Å². The van der Waals surface area contributed by atoms with Crippen molar-refractivity contribution in [3.8, 4) is 0 Å². The largest absolute Gasteiger partial charge is 0.396 e. The Morgan fingerprint density at radius 3 is 3.09 bits per heavy atom. The molecule has 0 atom stereocenters. The fourth-order valence-electron chi connectivity index (χ4n) is 0.708. The molecular formula is C8H11NOS. The molecule has 0 aliphatic heterocycles. The van der Waals surface area contributed by atoms with E-state index in [2.05, 4.69) is 4.98 Å². The highest BCUT2D eigenvalue weighted by molar-refractivity contribution is 7.12. The molecule has 0 bridgehead atoms. The molecule has 1 heterocycles. The van der Waals surface area contributed by atoms with Gasteiger partial charge in [-0.25, -0.2) is 4.98 Å². The van der Waals surface area contributed by atoms with Crippen LogP contribution in [0.3, 0.4) is 0 Å². The van der Waals surface area contributed by atoms with Gasteiger partial charge in [0.05, 0.1) is 0 Å². The SMILES string of the molecule is Cc1cnc(C=CCCO)s1. The van der Waals surface area contributed by atoms with E-state index in [1.54, 1.807) is 11.3 Å². The fraction of sp³-hybridized carbons (Fsp3) is 0.375. The molecule has 0 amide bonds. The van der Waals surface area contributed by atoms with E-state index in [-0.39, 0.29) is 6.61 Å². The van der Waals surface area contributed by atoms with Crippen LogP contribution in [-0.2, 0) is 0 Å². The van der Waals surface area contributed by atoms with Gasteiger partial charge < -0.3 is 5.11 Å². The highest BCUT2D eigenvalue weighted by Gasteiger charge is 1.90. The van der Waals surface area contributed by atoms with Crippen LogP contribution in [0.5, 0.6) is 0 Å². The van der Waals surface area contributed by atoms with Crippen LogP contribution in [0, 0.1) is 6.92 Å². The number of hydrogen-bond donors (Lipinski definition) is 1. The first kappa shape index (κ1) is 8.43. The summed E-state index contributed by atoms with van der Waals surface area (Å²) in [5.74, 6) is 0. The van der Waals surface area contributed by atoms with Crippen LogP contribution in [0.15, 0.2) is 12.3 Å². The Hall–Kier alpha value is -0.670. The summed E-state index contributed by atoms with van der Waals surface area (Å²) in [5, 5.41) is 9.49. The molecule has 0 saturated heterocycles. The van der Waals surface area contributed by atoms with Crippen LogP contribution in [-0.4, -0.2) is 16.7 Å². The number of hydrogen-bond acceptors (Lipinski definition) is 3. The zero-order chi connectivity index (χ0) is 8.10. The lowest BCUT2D eigenvalue weighted by atomic mass is 10.4. The van der Waals surface area contributed by atoms with Crippen LogP contribution in [0.4, 0.5) is 0 Å². The number of nitrogens with zero attached hydrogens (tertiary/aromatic N) is 1. The minimum Gasteiger partial charge on any atom is -0.396 e. The van der Waals surface area contributed by atoms with Crippen LogP contribution in [0.2, 0.25) is 0 Å². The van der Waals surface area contributed by atoms with E-state index >= 15 is 0 Å². The topological polar surface area (TPSA) is 33.1 Å². The molecule has 2 nitrogen and oxygen atoms in total. The molecule has 0 spiro atoms. The summed E-state index contributed by atoms with van der Waals surface area (Å²) < 4.78 is 0. The predicted molar refractivity (Wildman–Crippen MR) is 47.6 cm³/mol. The first-order chi connectivity index (χ1) is 5.33. The highest BCUT2D eigenvalue weighted by atomic mass is 32.1. The Morgan fingerprint density at radius 2 is 2.55 bits per heavy atom. The Morgan fingerprint density at radius 1 is 1.73 bits per heavy atom. The second kappa shape index (κ2) is 4.26. The van der Waals surface area contributed by atoms with Gasteiger partial charge in [-0.3, -0.25) is 0 Å². The third kappa shape index (κ3) is 2.82. The van der Waals surface area contributed by atoms with E-state index in [1.165, 1.54) is 4.88 Å². The first-order valence-corrected chi connectivity index (χ1v) is 4.34. The molecule has 1 aromatic rings. The molecule has 1 N–H and O–H groups in total. The Kier molecular flexibility index (Phi) is 3.26. The zero-order valence-electron chi connectivity index (χ0n) is 6.45. The van der Waals surface area contributed by atoms with Gasteiger partial charge in [-0.2, -0.15) is 0 Å². The maximum absolute atomic E-state index is 8.48. The number of aliphatic hydroxyl groups excluding tert-OH is 1. The van der Waals surface area contributed by atoms with Gasteiger partial charge in [-0.05, 0) is 19.4 Å². The second-order valence-corrected chi connectivity index (χ2v) is 3.49. The first-order valence-electron chi connectivity index (χ1n) is 3.53. The number of aromatic nitrogens is 1. The molecule has 1 aromatic heterocycles. The van der Waals surface area contributed by atoms with Crippen LogP contribution in [0.1, 0.15) is 16.3 Å². The monoisotopic (exact) mass is 169 g/mol. The molecule has 3 heteroatoms. The van der Waals surface area contributed by atoms with Gasteiger partial charge in [-0.15, -0.1) is 11.3 Å². The van der Waals surface area contributed by atoms with Crippen molar-refractivity contribution in [1.82, 2.24) is 4.98 Å². The smallest absolute Gasteiger partial charge is 0.115 e. The van der Waals surface area contributed by atoms with Gasteiger partial charge >= 0.3 is 0 Å². The van der Waals surface area contributed by atoms with Crippen LogP contribution < -0.4 is 0 Å². The normalized spacial score (nSPS) is 11.1. The van der Waals surface area contributed by atoms with Crippen molar-refractivity contribution >= 4 is 17.4 Å². The standard InChI is InChI=1S/C8H11NOS/c1-7-6-9-8(11-7)4-2-3-5-10/h2,4,6,10H,3,5H2,1H3. The molecule has 0 unspecified atom stereocenters. The van der Waals surface area contributed by atoms with Gasteiger partial charge in [0.15, 0.2) is 0 Å². The molecule has 0 aromatic carbocycles. The number of aliphatic hydroxyl groups is 1. The average molecular weight is 169 g/mol. The lowest BCUT2D eigenvalue weighted by Crippen LogP contribution is -1.74. The predicted octanol–water partition coefficient (Wildman–Crippen LogP) is 1.85. The van der Waals surface area contributed by atoms with E-state index in [0.717, 1.165) is 5.01 Å². The second-order valence-electron chi connectivity index (χ2n) is 2.22. The van der Waals surface area contributed by atoms with Crippen molar-refractivity contribution < 1.29 is 5.11 Å². The summed E-state index contributed by atoms with van der Waals surface area (Å²) in [6.45, 7) is 2.24. The lowest BCUT2D eigenvalue weighted by molar-refractivity contribution is 0.303. The zero-order valence-corrected chi connectivity index (χ0v) is 7.27. The average Bonchev–Trinajstić information content (AvgIpc) is 2.37. The van der Waals surface area contributed by atoms with Gasteiger partial charge in [0, 0.05) is 17.7 Å². The molecule has 0 aliphatic rings. The van der Waals surface area contributed by atoms with Gasteiger partial charge in [0.1, 0.15) is 5.01 Å². The fourth-order valence-corrected chi connectivity index (χ4v) is 1.41. The third-order valence-electron chi connectivity index (χ3n) is 1.20. The van der Waals surface area contributed by atoms with Crippen molar-refractivity contribution in [1.29, 1.82) is 0 Å². The molecule has 0 radical (unpaired) electrons. The summed E-state index contributed by atoms with van der Waals surface area (Å²) in [6.07, 6.45) is 6.42. The third-order valence-corrected chi connectivity index (χ3v) is 2.07. The highest BCUT2D eigenvalue weighted by Crippen LogP contribution is 2.12. The van der Waals surface area contributed by atoms with E-state index in [4.69, 9.17) is 5.11 Å². The summed E-state index contributed by atoms with van der Waals surface area (Å²) in [5.41, 5.74) is 0. The summed E-state index contributed by atoms with van der Waals surface area (Å²) in [6, 6.07) is 0. The van der Waals surface area contributed by atoms with Crippen LogP contribution in [0.25, 0.3) is 6.08 Å². The number of aryl methyl sites for hydroxylation is 1. The summed E-state index contributed by atoms with van der Waals surface area (Å²) in [7, 11) is 0. The number of thiazole rings is 1. The molecule has 0 saturated carbocycles. The summed E-state index contributed by atoms with van der Waals surface area (Å²) in [4.78, 5) is 5.35. The molecule has 1 rings (SSSR count). The van der Waals surface area contributed by atoms with Crippen molar-refractivity contribution in [3.05, 3.63) is 22.2 Å². The van der Waals surface area contributed by atoms with Gasteiger partial charge in [0.25, 0.3) is 0 Å². The molecular weight excluding hydrogens is 158 g/mol. The summed E-state index contributed by atoms with van der Waals surface area (Å²) >= 11 is 1.66. The van der Waals surface area contributed by atoms with Crippen molar-refractivity contribution in [2.45, 2.75) is 13.3 Å². The maximum atomic E-state index is 8.48. The maximum Gasteiger partial charge on any atom is 0.115 e. The van der Waals surface area contributed by atoms with E-state index < -0.39 is 0 Å². The van der Waals surface area contributed by atoms with E-state index in [9.17, 15) is 0 Å². The minimum absolute atomic E-state index is 0.209. The molecule has 11 heavy (non-hydrogen) atoms. The number of rotatable bonds is 3. The van der Waals surface area contributed by atoms with Crippen molar-refractivity contribution in [3.63, 3.8) is 0 Å². The molecule has 0 aliphatic carbocycles. The van der Waals surface area contributed by atoms with E-state index in [1.807, 2.05) is 25.3 Å². The minimum atomic E-state index is 0.209. The quantitative estimate of drug-likeness (QED) is 0.749. The van der Waals surface area contributed by atoms with Gasteiger partial charge in [-0.1, -0.05) is 6.08 Å². The Balaban J connectivity index is 2.50.